The highest BCUT2D eigenvalue weighted by atomic mass is 32.2. The summed E-state index contributed by atoms with van der Waals surface area (Å²) in [5.41, 5.74) is 2.77. The van der Waals surface area contributed by atoms with Gasteiger partial charge in [-0.05, 0) is 48.7 Å². The van der Waals surface area contributed by atoms with Gasteiger partial charge in [0.25, 0.3) is 5.91 Å². The van der Waals surface area contributed by atoms with E-state index in [1.54, 1.807) is 31.2 Å². The van der Waals surface area contributed by atoms with Crippen LogP contribution < -0.4 is 9.62 Å². The molecule has 0 aromatic heterocycles. The number of sulfonamides is 1. The Balaban J connectivity index is 2.18. The molecular weight excluding hydrogens is 336 g/mol. The molecule has 1 N–H and O–H groups in total. The number of anilines is 2. The van der Waals surface area contributed by atoms with Gasteiger partial charge in [0.2, 0.25) is 10.0 Å². The Morgan fingerprint density at radius 2 is 1.76 bits per heavy atom. The van der Waals surface area contributed by atoms with E-state index in [9.17, 15) is 13.2 Å². The summed E-state index contributed by atoms with van der Waals surface area (Å²) in [5, 5.41) is 2.84. The monoisotopic (exact) mass is 360 g/mol. The van der Waals surface area contributed by atoms with E-state index in [1.165, 1.54) is 16.9 Å². The van der Waals surface area contributed by atoms with E-state index < -0.39 is 10.0 Å². The highest BCUT2D eigenvalue weighted by molar-refractivity contribution is 7.92. The van der Waals surface area contributed by atoms with Gasteiger partial charge in [-0.2, -0.15) is 0 Å². The quantitative estimate of drug-likeness (QED) is 0.851. The van der Waals surface area contributed by atoms with Gasteiger partial charge in [-0.25, -0.2) is 8.42 Å². The van der Waals surface area contributed by atoms with Gasteiger partial charge in [-0.1, -0.05) is 32.0 Å². The second-order valence-corrected chi connectivity index (χ2v) is 8.44. The van der Waals surface area contributed by atoms with Crippen LogP contribution in [0.5, 0.6) is 0 Å². The van der Waals surface area contributed by atoms with Crippen molar-refractivity contribution >= 4 is 27.3 Å². The van der Waals surface area contributed by atoms with Crippen molar-refractivity contribution in [3.63, 3.8) is 0 Å². The normalized spacial score (nSPS) is 11.4. The molecule has 5 nitrogen and oxygen atoms in total. The Kier molecular flexibility index (Phi) is 5.85. The highest BCUT2D eigenvalue weighted by Gasteiger charge is 2.17. The van der Waals surface area contributed by atoms with Gasteiger partial charge in [0, 0.05) is 18.3 Å². The van der Waals surface area contributed by atoms with Crippen molar-refractivity contribution in [3.05, 3.63) is 59.7 Å². The molecule has 0 unspecified atom stereocenters. The summed E-state index contributed by atoms with van der Waals surface area (Å²) in [4.78, 5) is 12.4. The molecular formula is C19H24N2O3S. The Hall–Kier alpha value is -2.34. The number of benzene rings is 2. The lowest BCUT2D eigenvalue weighted by molar-refractivity contribution is 0.102. The van der Waals surface area contributed by atoms with Gasteiger partial charge >= 0.3 is 0 Å². The van der Waals surface area contributed by atoms with Gasteiger partial charge in [-0.3, -0.25) is 9.10 Å². The predicted octanol–water partition coefficient (Wildman–Crippen LogP) is 3.85. The largest absolute Gasteiger partial charge is 0.322 e. The Labute approximate surface area is 149 Å². The van der Waals surface area contributed by atoms with Gasteiger partial charge in [-0.15, -0.1) is 0 Å². The van der Waals surface area contributed by atoms with Gasteiger partial charge in [0.05, 0.1) is 11.4 Å². The van der Waals surface area contributed by atoms with E-state index >= 15 is 0 Å². The summed E-state index contributed by atoms with van der Waals surface area (Å²) in [7, 11) is -1.88. The number of amides is 1. The number of nitrogens with one attached hydrogen (secondary N) is 1. The zero-order chi connectivity index (χ0) is 18.6. The fourth-order valence-electron chi connectivity index (χ4n) is 2.35. The number of hydrogen-bond acceptors (Lipinski definition) is 3. The van der Waals surface area contributed by atoms with E-state index in [-0.39, 0.29) is 11.7 Å². The molecule has 0 aliphatic heterocycles. The molecule has 0 fully saturated rings. The molecule has 0 heterocycles. The molecule has 2 rings (SSSR count). The number of nitrogens with zero attached hydrogens (tertiary/aromatic N) is 1. The van der Waals surface area contributed by atoms with Crippen LogP contribution in [0.4, 0.5) is 11.4 Å². The van der Waals surface area contributed by atoms with Crippen molar-refractivity contribution in [2.75, 3.05) is 22.4 Å². The zero-order valence-electron chi connectivity index (χ0n) is 15.0. The van der Waals surface area contributed by atoms with Gasteiger partial charge in [0.1, 0.15) is 0 Å². The summed E-state index contributed by atoms with van der Waals surface area (Å²) in [6.07, 6.45) is 0. The van der Waals surface area contributed by atoms with Crippen LogP contribution in [0.25, 0.3) is 0 Å². The molecule has 0 saturated carbocycles. The Bertz CT molecular complexity index is 843. The van der Waals surface area contributed by atoms with Crippen molar-refractivity contribution in [1.82, 2.24) is 0 Å². The summed E-state index contributed by atoms with van der Waals surface area (Å²) in [6.45, 7) is 5.81. The minimum Gasteiger partial charge on any atom is -0.322 e. The topological polar surface area (TPSA) is 66.5 Å². The molecule has 0 radical (unpaired) electrons. The molecule has 1 amide bonds. The zero-order valence-corrected chi connectivity index (χ0v) is 15.8. The number of rotatable bonds is 6. The first-order valence-electron chi connectivity index (χ1n) is 8.22. The lowest BCUT2D eigenvalue weighted by atomic mass is 10.0. The molecule has 0 aliphatic carbocycles. The average Bonchev–Trinajstić information content (AvgIpc) is 2.61. The van der Waals surface area contributed by atoms with Gasteiger partial charge < -0.3 is 5.32 Å². The van der Waals surface area contributed by atoms with E-state index in [0.29, 0.717) is 22.9 Å². The smallest absolute Gasteiger partial charge is 0.255 e. The van der Waals surface area contributed by atoms with Crippen molar-refractivity contribution in [2.45, 2.75) is 26.7 Å². The number of hydrogen-bond donors (Lipinski definition) is 1. The SMILES string of the molecule is CCS(=O)(=O)N(C)c1cccc(C(=O)Nc2ccc(C(C)C)cc2)c1. The molecule has 6 heteroatoms. The van der Waals surface area contributed by atoms with E-state index in [4.69, 9.17) is 0 Å². The van der Waals surface area contributed by atoms with E-state index in [1.807, 2.05) is 24.3 Å². The third-order valence-electron chi connectivity index (χ3n) is 4.09. The van der Waals surface area contributed by atoms with Crippen molar-refractivity contribution in [1.29, 1.82) is 0 Å². The summed E-state index contributed by atoms with van der Waals surface area (Å²) in [5.74, 6) is 0.154. The molecule has 2 aromatic carbocycles. The van der Waals surface area contributed by atoms with Crippen LogP contribution in [0.1, 0.15) is 42.6 Å². The molecule has 0 atom stereocenters. The maximum absolute atomic E-state index is 12.4. The first-order valence-corrected chi connectivity index (χ1v) is 9.83. The van der Waals surface area contributed by atoms with Crippen molar-refractivity contribution < 1.29 is 13.2 Å². The summed E-state index contributed by atoms with van der Waals surface area (Å²) >= 11 is 0. The lowest BCUT2D eigenvalue weighted by Gasteiger charge is -2.19. The van der Waals surface area contributed by atoms with Gasteiger partial charge in [0.15, 0.2) is 0 Å². The van der Waals surface area contributed by atoms with Crippen molar-refractivity contribution in [3.8, 4) is 0 Å². The van der Waals surface area contributed by atoms with Crippen LogP contribution in [0.3, 0.4) is 0 Å². The third kappa shape index (κ3) is 4.60. The number of carbonyl (C=O) groups excluding carboxylic acids is 1. The van der Waals surface area contributed by atoms with Crippen LogP contribution in [-0.4, -0.2) is 27.1 Å². The molecule has 0 saturated heterocycles. The number of carbonyl (C=O) groups is 1. The average molecular weight is 360 g/mol. The highest BCUT2D eigenvalue weighted by Crippen LogP contribution is 2.20. The van der Waals surface area contributed by atoms with Crippen LogP contribution in [0.15, 0.2) is 48.5 Å². The second-order valence-electron chi connectivity index (χ2n) is 6.15. The molecule has 25 heavy (non-hydrogen) atoms. The first kappa shape index (κ1) is 19.0. The molecule has 0 spiro atoms. The Morgan fingerprint density at radius 3 is 2.32 bits per heavy atom. The standard InChI is InChI=1S/C19H24N2O3S/c1-5-25(23,24)21(4)18-8-6-7-16(13-18)19(22)20-17-11-9-15(10-12-17)14(2)3/h6-14H,5H2,1-4H3,(H,20,22). The summed E-state index contributed by atoms with van der Waals surface area (Å²) < 4.78 is 25.2. The maximum atomic E-state index is 12.4. The minimum atomic E-state index is -3.36. The lowest BCUT2D eigenvalue weighted by Crippen LogP contribution is -2.28. The fraction of sp³-hybridized carbons (Fsp3) is 0.316. The Morgan fingerprint density at radius 1 is 1.12 bits per heavy atom. The van der Waals surface area contributed by atoms with Crippen LogP contribution in [-0.2, 0) is 10.0 Å². The first-order chi connectivity index (χ1) is 11.7. The molecule has 0 bridgehead atoms. The predicted molar refractivity (Wildman–Crippen MR) is 103 cm³/mol. The van der Waals surface area contributed by atoms with E-state index in [2.05, 4.69) is 19.2 Å². The maximum Gasteiger partial charge on any atom is 0.255 e. The minimum absolute atomic E-state index is 0.00211. The fourth-order valence-corrected chi connectivity index (χ4v) is 3.17. The van der Waals surface area contributed by atoms with Crippen LogP contribution in [0.2, 0.25) is 0 Å². The molecule has 134 valence electrons. The third-order valence-corrected chi connectivity index (χ3v) is 5.86. The van der Waals surface area contributed by atoms with Crippen LogP contribution in [0, 0.1) is 0 Å². The molecule has 2 aromatic rings. The van der Waals surface area contributed by atoms with Crippen molar-refractivity contribution in [2.24, 2.45) is 0 Å². The second kappa shape index (κ2) is 7.70. The van der Waals surface area contributed by atoms with E-state index in [0.717, 1.165) is 0 Å². The summed E-state index contributed by atoms with van der Waals surface area (Å²) in [6, 6.07) is 14.3. The molecule has 0 aliphatic rings. The van der Waals surface area contributed by atoms with Crippen LogP contribution >= 0.6 is 0 Å².